The van der Waals surface area contributed by atoms with Crippen LogP contribution in [0, 0.1) is 0 Å². The van der Waals surface area contributed by atoms with E-state index in [9.17, 15) is 0 Å². The van der Waals surface area contributed by atoms with Gasteiger partial charge in [0.2, 0.25) is 0 Å². The predicted molar refractivity (Wildman–Crippen MR) is 134 cm³/mol. The topological polar surface area (TPSA) is 47.3 Å². The second-order valence-corrected chi connectivity index (χ2v) is 9.04. The molecule has 0 unspecified atom stereocenters. The number of aromatic nitrogens is 2. The standard InChI is InChI=1S/C28H34N2O2/c1-6-7-18-30-26-20-24(32-23-14-12-22(13-15-23)28(3,4)5)16-17-25(26)29-27(30)21(2)11-9-8-10-19-31/h8-17,19-20,31H,6-7,18H2,1-5H3/b9-8-,19-10+,21-11+. The van der Waals surface area contributed by atoms with Gasteiger partial charge < -0.3 is 14.4 Å². The Bertz CT molecular complexity index is 1130. The van der Waals surface area contributed by atoms with Crippen molar-refractivity contribution in [1.82, 2.24) is 9.55 Å². The number of fused-ring (bicyclic) bond motifs is 1. The zero-order valence-corrected chi connectivity index (χ0v) is 19.8. The van der Waals surface area contributed by atoms with E-state index in [1.165, 1.54) is 5.56 Å². The van der Waals surface area contributed by atoms with Crippen LogP contribution in [0.25, 0.3) is 16.6 Å². The minimum absolute atomic E-state index is 0.120. The summed E-state index contributed by atoms with van der Waals surface area (Å²) in [5, 5.41) is 8.78. The molecule has 168 valence electrons. The maximum Gasteiger partial charge on any atom is 0.136 e. The molecule has 0 aliphatic rings. The van der Waals surface area contributed by atoms with Gasteiger partial charge in [0.25, 0.3) is 0 Å². The highest BCUT2D eigenvalue weighted by molar-refractivity contribution is 5.81. The Balaban J connectivity index is 1.94. The van der Waals surface area contributed by atoms with E-state index in [-0.39, 0.29) is 5.41 Å². The lowest BCUT2D eigenvalue weighted by Crippen LogP contribution is -2.10. The van der Waals surface area contributed by atoms with E-state index < -0.39 is 0 Å². The maximum atomic E-state index is 8.78. The molecule has 1 N–H and O–H groups in total. The van der Waals surface area contributed by atoms with E-state index >= 15 is 0 Å². The average molecular weight is 431 g/mol. The van der Waals surface area contributed by atoms with Gasteiger partial charge in [-0.15, -0.1) is 0 Å². The number of benzene rings is 2. The average Bonchev–Trinajstić information content (AvgIpc) is 3.13. The van der Waals surface area contributed by atoms with Crippen LogP contribution in [0.3, 0.4) is 0 Å². The largest absolute Gasteiger partial charge is 0.516 e. The summed E-state index contributed by atoms with van der Waals surface area (Å²) >= 11 is 0. The van der Waals surface area contributed by atoms with E-state index in [0.29, 0.717) is 0 Å². The van der Waals surface area contributed by atoms with Crippen molar-refractivity contribution in [2.45, 2.75) is 59.4 Å². The Morgan fingerprint density at radius 2 is 1.75 bits per heavy atom. The van der Waals surface area contributed by atoms with Gasteiger partial charge in [-0.1, -0.05) is 64.5 Å². The minimum Gasteiger partial charge on any atom is -0.516 e. The highest BCUT2D eigenvalue weighted by Crippen LogP contribution is 2.30. The van der Waals surface area contributed by atoms with Crippen molar-refractivity contribution in [3.63, 3.8) is 0 Å². The Labute approximate surface area is 191 Å². The van der Waals surface area contributed by atoms with Crippen LogP contribution >= 0.6 is 0 Å². The molecule has 0 aliphatic carbocycles. The monoisotopic (exact) mass is 430 g/mol. The van der Waals surface area contributed by atoms with Gasteiger partial charge in [0.1, 0.15) is 17.3 Å². The van der Waals surface area contributed by atoms with Gasteiger partial charge in [0.05, 0.1) is 17.3 Å². The molecule has 1 heterocycles. The molecule has 0 radical (unpaired) electrons. The molecule has 0 aliphatic heterocycles. The molecule has 1 aromatic heterocycles. The van der Waals surface area contributed by atoms with Crippen molar-refractivity contribution in [2.24, 2.45) is 0 Å². The van der Waals surface area contributed by atoms with Crippen LogP contribution in [0.5, 0.6) is 11.5 Å². The van der Waals surface area contributed by atoms with Crippen molar-refractivity contribution in [3.05, 3.63) is 84.4 Å². The number of ether oxygens (including phenoxy) is 1. The van der Waals surface area contributed by atoms with Crippen LogP contribution in [0.2, 0.25) is 0 Å². The summed E-state index contributed by atoms with van der Waals surface area (Å²) < 4.78 is 8.45. The zero-order valence-electron chi connectivity index (χ0n) is 19.8. The van der Waals surface area contributed by atoms with Crippen molar-refractivity contribution < 1.29 is 9.84 Å². The quantitative estimate of drug-likeness (QED) is 0.291. The lowest BCUT2D eigenvalue weighted by molar-refractivity contribution is 0.473. The molecule has 0 bridgehead atoms. The van der Waals surface area contributed by atoms with Crippen molar-refractivity contribution >= 4 is 16.6 Å². The normalized spacial score (nSPS) is 13.0. The van der Waals surface area contributed by atoms with Crippen molar-refractivity contribution in [1.29, 1.82) is 0 Å². The molecule has 3 aromatic rings. The number of aliphatic hydroxyl groups excluding tert-OH is 1. The van der Waals surface area contributed by atoms with Crippen molar-refractivity contribution in [3.8, 4) is 11.5 Å². The van der Waals surface area contributed by atoms with E-state index in [1.54, 1.807) is 12.2 Å². The number of hydrogen-bond donors (Lipinski definition) is 1. The zero-order chi connectivity index (χ0) is 23.1. The molecule has 0 saturated carbocycles. The molecule has 4 heteroatoms. The Morgan fingerprint density at radius 1 is 1.03 bits per heavy atom. The van der Waals surface area contributed by atoms with Gasteiger partial charge in [-0.05, 0) is 60.2 Å². The molecular formula is C28H34N2O2. The summed E-state index contributed by atoms with van der Waals surface area (Å²) in [6.07, 6.45) is 10.5. The van der Waals surface area contributed by atoms with Gasteiger partial charge in [0, 0.05) is 12.6 Å². The number of rotatable bonds is 8. The molecule has 2 aromatic carbocycles. The molecule has 0 fully saturated rings. The van der Waals surface area contributed by atoms with Crippen LogP contribution in [0.4, 0.5) is 0 Å². The van der Waals surface area contributed by atoms with Crippen LogP contribution in [0.1, 0.15) is 58.8 Å². The first kappa shape index (κ1) is 23.4. The molecule has 4 nitrogen and oxygen atoms in total. The highest BCUT2D eigenvalue weighted by atomic mass is 16.5. The van der Waals surface area contributed by atoms with Crippen LogP contribution in [-0.2, 0) is 12.0 Å². The minimum atomic E-state index is 0.120. The molecular weight excluding hydrogens is 396 g/mol. The van der Waals surface area contributed by atoms with Crippen molar-refractivity contribution in [2.75, 3.05) is 0 Å². The summed E-state index contributed by atoms with van der Waals surface area (Å²) in [5.41, 5.74) is 4.51. The summed E-state index contributed by atoms with van der Waals surface area (Å²) in [7, 11) is 0. The number of allylic oxidation sites excluding steroid dienone is 5. The van der Waals surface area contributed by atoms with E-state index in [4.69, 9.17) is 14.8 Å². The lowest BCUT2D eigenvalue weighted by atomic mass is 9.87. The third kappa shape index (κ3) is 5.70. The molecule has 0 spiro atoms. The second-order valence-electron chi connectivity index (χ2n) is 9.04. The van der Waals surface area contributed by atoms with Gasteiger partial charge in [-0.3, -0.25) is 0 Å². The summed E-state index contributed by atoms with van der Waals surface area (Å²) in [6.45, 7) is 11.8. The summed E-state index contributed by atoms with van der Waals surface area (Å²) in [5.74, 6) is 2.59. The molecule has 0 atom stereocenters. The number of hydrogen-bond acceptors (Lipinski definition) is 3. The summed E-state index contributed by atoms with van der Waals surface area (Å²) in [6, 6.07) is 14.4. The Kier molecular flexibility index (Phi) is 7.57. The molecule has 32 heavy (non-hydrogen) atoms. The first-order valence-electron chi connectivity index (χ1n) is 11.3. The van der Waals surface area contributed by atoms with Gasteiger partial charge >= 0.3 is 0 Å². The number of nitrogens with zero attached hydrogens (tertiary/aromatic N) is 2. The van der Waals surface area contributed by atoms with Crippen LogP contribution in [-0.4, -0.2) is 14.7 Å². The molecule has 0 saturated heterocycles. The van der Waals surface area contributed by atoms with Gasteiger partial charge in [-0.25, -0.2) is 4.98 Å². The first-order chi connectivity index (χ1) is 15.3. The number of aliphatic hydroxyl groups is 1. The third-order valence-electron chi connectivity index (χ3n) is 5.42. The van der Waals surface area contributed by atoms with E-state index in [0.717, 1.165) is 59.6 Å². The van der Waals surface area contributed by atoms with Crippen LogP contribution in [0.15, 0.2) is 73.0 Å². The third-order valence-corrected chi connectivity index (χ3v) is 5.42. The van der Waals surface area contributed by atoms with Crippen LogP contribution < -0.4 is 4.74 Å². The number of unbranched alkanes of at least 4 members (excludes halogenated alkanes) is 1. The lowest BCUT2D eigenvalue weighted by Gasteiger charge is -2.19. The maximum absolute atomic E-state index is 8.78. The second kappa shape index (κ2) is 10.4. The molecule has 3 rings (SSSR count). The van der Waals surface area contributed by atoms with Gasteiger partial charge in [0.15, 0.2) is 0 Å². The number of imidazole rings is 1. The summed E-state index contributed by atoms with van der Waals surface area (Å²) in [4.78, 5) is 4.89. The van der Waals surface area contributed by atoms with E-state index in [1.807, 2.05) is 36.4 Å². The SMILES string of the molecule is CCCCn1c(/C(C)=C/C=C\C=C\O)nc2ccc(Oc3ccc(C(C)(C)C)cc3)cc21. The Hall–Kier alpha value is -3.27. The van der Waals surface area contributed by atoms with E-state index in [2.05, 4.69) is 57.4 Å². The smallest absolute Gasteiger partial charge is 0.136 e. The highest BCUT2D eigenvalue weighted by Gasteiger charge is 2.15. The predicted octanol–water partition coefficient (Wildman–Crippen LogP) is 7.96. The fourth-order valence-corrected chi connectivity index (χ4v) is 3.56. The fraction of sp³-hybridized carbons (Fsp3) is 0.321. The molecule has 0 amide bonds. The number of aryl methyl sites for hydroxylation is 1. The fourth-order valence-electron chi connectivity index (χ4n) is 3.56. The Morgan fingerprint density at radius 3 is 2.41 bits per heavy atom. The van der Waals surface area contributed by atoms with Gasteiger partial charge in [-0.2, -0.15) is 0 Å². The first-order valence-corrected chi connectivity index (χ1v) is 11.3.